The zero-order valence-corrected chi connectivity index (χ0v) is 12.3. The topological polar surface area (TPSA) is 84.7 Å². The number of urea groups is 1. The molecule has 1 aromatic rings. The first kappa shape index (κ1) is 15.3. The van der Waals surface area contributed by atoms with Crippen LogP contribution in [0.15, 0.2) is 24.3 Å². The first-order chi connectivity index (χ1) is 10.0. The number of nitrogens with zero attached hydrogens (tertiary/aromatic N) is 1. The minimum atomic E-state index is -0.260. The number of nitrogens with two attached hydrogens (primary N) is 1. The molecule has 0 bridgehead atoms. The molecule has 2 amide bonds. The third kappa shape index (κ3) is 3.72. The van der Waals surface area contributed by atoms with E-state index in [1.807, 2.05) is 31.2 Å². The number of ether oxygens (including phenoxy) is 1. The SMILES string of the molecule is COC(=O)C1CCN(C(=O)Nc2cccc(C(C)N)c2)C1. The lowest BCUT2D eigenvalue weighted by Crippen LogP contribution is -2.34. The van der Waals surface area contributed by atoms with E-state index < -0.39 is 0 Å². The van der Waals surface area contributed by atoms with E-state index in [-0.39, 0.29) is 24.0 Å². The van der Waals surface area contributed by atoms with Gasteiger partial charge in [0.15, 0.2) is 0 Å². The Morgan fingerprint density at radius 3 is 2.90 bits per heavy atom. The molecule has 0 aliphatic carbocycles. The Bertz CT molecular complexity index is 531. The van der Waals surface area contributed by atoms with Crippen LogP contribution in [-0.2, 0) is 9.53 Å². The molecule has 0 spiro atoms. The van der Waals surface area contributed by atoms with Crippen LogP contribution in [0.4, 0.5) is 10.5 Å². The van der Waals surface area contributed by atoms with Crippen LogP contribution in [0.1, 0.15) is 24.9 Å². The number of anilines is 1. The van der Waals surface area contributed by atoms with Gasteiger partial charge in [0, 0.05) is 24.8 Å². The molecule has 114 valence electrons. The van der Waals surface area contributed by atoms with Crippen LogP contribution < -0.4 is 11.1 Å². The Hall–Kier alpha value is -2.08. The van der Waals surface area contributed by atoms with Crippen molar-refractivity contribution in [2.45, 2.75) is 19.4 Å². The standard InChI is InChI=1S/C15H21N3O3/c1-10(16)11-4-3-5-13(8-11)17-15(20)18-7-6-12(9-18)14(19)21-2/h3-5,8,10,12H,6-7,9,16H2,1-2H3,(H,17,20). The molecule has 3 N–H and O–H groups in total. The molecule has 1 aromatic carbocycles. The van der Waals surface area contributed by atoms with Gasteiger partial charge < -0.3 is 20.7 Å². The van der Waals surface area contributed by atoms with Crippen molar-refractivity contribution in [3.05, 3.63) is 29.8 Å². The molecule has 1 saturated heterocycles. The minimum Gasteiger partial charge on any atom is -0.469 e. The van der Waals surface area contributed by atoms with Gasteiger partial charge >= 0.3 is 12.0 Å². The van der Waals surface area contributed by atoms with Crippen LogP contribution >= 0.6 is 0 Å². The van der Waals surface area contributed by atoms with Crippen molar-refractivity contribution < 1.29 is 14.3 Å². The van der Waals surface area contributed by atoms with Crippen LogP contribution in [0, 0.1) is 5.92 Å². The number of hydrogen-bond acceptors (Lipinski definition) is 4. The normalized spacial score (nSPS) is 19.2. The van der Waals surface area contributed by atoms with Crippen LogP contribution in [0.2, 0.25) is 0 Å². The fourth-order valence-corrected chi connectivity index (χ4v) is 2.41. The maximum absolute atomic E-state index is 12.2. The van der Waals surface area contributed by atoms with E-state index in [1.165, 1.54) is 7.11 Å². The highest BCUT2D eigenvalue weighted by atomic mass is 16.5. The Morgan fingerprint density at radius 1 is 1.48 bits per heavy atom. The highest BCUT2D eigenvalue weighted by molar-refractivity contribution is 5.90. The molecule has 6 nitrogen and oxygen atoms in total. The van der Waals surface area contributed by atoms with Gasteiger partial charge in [-0.3, -0.25) is 4.79 Å². The molecule has 2 rings (SSSR count). The van der Waals surface area contributed by atoms with E-state index >= 15 is 0 Å². The van der Waals surface area contributed by atoms with Crippen molar-refractivity contribution in [1.29, 1.82) is 0 Å². The largest absolute Gasteiger partial charge is 0.469 e. The summed E-state index contributed by atoms with van der Waals surface area (Å²) in [6.07, 6.45) is 0.639. The quantitative estimate of drug-likeness (QED) is 0.831. The number of benzene rings is 1. The van der Waals surface area contributed by atoms with Crippen molar-refractivity contribution in [2.24, 2.45) is 11.7 Å². The minimum absolute atomic E-state index is 0.0858. The number of carbonyl (C=O) groups excluding carboxylic acids is 2. The lowest BCUT2D eigenvalue weighted by Gasteiger charge is -2.17. The predicted octanol–water partition coefficient (Wildman–Crippen LogP) is 1.73. The van der Waals surface area contributed by atoms with Crippen molar-refractivity contribution in [2.75, 3.05) is 25.5 Å². The van der Waals surface area contributed by atoms with Crippen LogP contribution in [0.25, 0.3) is 0 Å². The number of rotatable bonds is 3. The summed E-state index contributed by atoms with van der Waals surface area (Å²) in [6, 6.07) is 7.16. The van der Waals surface area contributed by atoms with Gasteiger partial charge in [0.05, 0.1) is 13.0 Å². The Balaban J connectivity index is 1.96. The van der Waals surface area contributed by atoms with Crippen LogP contribution in [0.3, 0.4) is 0 Å². The van der Waals surface area contributed by atoms with Crippen molar-refractivity contribution in [1.82, 2.24) is 4.90 Å². The average molecular weight is 291 g/mol. The molecule has 1 aliphatic heterocycles. The number of amides is 2. The average Bonchev–Trinajstić information content (AvgIpc) is 2.96. The number of methoxy groups -OCH3 is 1. The predicted molar refractivity (Wildman–Crippen MR) is 79.8 cm³/mol. The van der Waals surface area contributed by atoms with Gasteiger partial charge in [0.25, 0.3) is 0 Å². The summed E-state index contributed by atoms with van der Waals surface area (Å²) in [5.41, 5.74) is 7.49. The monoisotopic (exact) mass is 291 g/mol. The maximum atomic E-state index is 12.2. The van der Waals surface area contributed by atoms with Gasteiger partial charge in [-0.2, -0.15) is 0 Å². The zero-order chi connectivity index (χ0) is 15.4. The highest BCUT2D eigenvalue weighted by Gasteiger charge is 2.31. The van der Waals surface area contributed by atoms with Crippen LogP contribution in [0.5, 0.6) is 0 Å². The van der Waals surface area contributed by atoms with Crippen molar-refractivity contribution in [3.63, 3.8) is 0 Å². The van der Waals surface area contributed by atoms with Gasteiger partial charge in [-0.05, 0) is 31.0 Å². The lowest BCUT2D eigenvalue weighted by atomic mass is 10.1. The van der Waals surface area contributed by atoms with E-state index in [1.54, 1.807) is 4.90 Å². The van der Waals surface area contributed by atoms with Crippen LogP contribution in [-0.4, -0.2) is 37.1 Å². The number of likely N-dealkylation sites (tertiary alicyclic amines) is 1. The molecule has 1 aliphatic rings. The van der Waals surface area contributed by atoms with E-state index in [4.69, 9.17) is 10.5 Å². The molecule has 21 heavy (non-hydrogen) atoms. The molecular formula is C15H21N3O3. The highest BCUT2D eigenvalue weighted by Crippen LogP contribution is 2.20. The first-order valence-electron chi connectivity index (χ1n) is 7.00. The van der Waals surface area contributed by atoms with Crippen molar-refractivity contribution >= 4 is 17.7 Å². The van der Waals surface area contributed by atoms with E-state index in [2.05, 4.69) is 5.32 Å². The number of esters is 1. The van der Waals surface area contributed by atoms with Gasteiger partial charge in [-0.1, -0.05) is 12.1 Å². The zero-order valence-electron chi connectivity index (χ0n) is 12.3. The summed E-state index contributed by atoms with van der Waals surface area (Å²) in [6.45, 7) is 2.84. The third-order valence-electron chi connectivity index (χ3n) is 3.67. The lowest BCUT2D eigenvalue weighted by molar-refractivity contribution is -0.144. The van der Waals surface area contributed by atoms with E-state index in [0.717, 1.165) is 5.56 Å². The Morgan fingerprint density at radius 2 is 2.24 bits per heavy atom. The summed E-state index contributed by atoms with van der Waals surface area (Å²) in [4.78, 5) is 25.3. The summed E-state index contributed by atoms with van der Waals surface area (Å²) >= 11 is 0. The van der Waals surface area contributed by atoms with E-state index in [0.29, 0.717) is 25.2 Å². The number of hydrogen-bond donors (Lipinski definition) is 2. The second-order valence-corrected chi connectivity index (χ2v) is 5.30. The molecular weight excluding hydrogens is 270 g/mol. The summed E-state index contributed by atoms with van der Waals surface area (Å²) in [5, 5.41) is 2.84. The fraction of sp³-hybridized carbons (Fsp3) is 0.467. The third-order valence-corrected chi connectivity index (χ3v) is 3.67. The molecule has 2 unspecified atom stereocenters. The van der Waals surface area contributed by atoms with Gasteiger partial charge in [-0.25, -0.2) is 4.79 Å². The van der Waals surface area contributed by atoms with Gasteiger partial charge in [0.1, 0.15) is 0 Å². The number of nitrogens with one attached hydrogen (secondary N) is 1. The summed E-state index contributed by atoms with van der Waals surface area (Å²) in [5.74, 6) is -0.486. The molecule has 1 heterocycles. The fourth-order valence-electron chi connectivity index (χ4n) is 2.41. The Labute approximate surface area is 124 Å². The first-order valence-corrected chi connectivity index (χ1v) is 7.00. The second kappa shape index (κ2) is 6.58. The smallest absolute Gasteiger partial charge is 0.321 e. The molecule has 0 aromatic heterocycles. The van der Waals surface area contributed by atoms with Gasteiger partial charge in [-0.15, -0.1) is 0 Å². The molecule has 2 atom stereocenters. The molecule has 0 radical (unpaired) electrons. The number of carbonyl (C=O) groups is 2. The molecule has 1 fully saturated rings. The van der Waals surface area contributed by atoms with Crippen molar-refractivity contribution in [3.8, 4) is 0 Å². The summed E-state index contributed by atoms with van der Waals surface area (Å²) in [7, 11) is 1.37. The van der Waals surface area contributed by atoms with E-state index in [9.17, 15) is 9.59 Å². The summed E-state index contributed by atoms with van der Waals surface area (Å²) < 4.78 is 4.71. The Kier molecular flexibility index (Phi) is 4.80. The van der Waals surface area contributed by atoms with Gasteiger partial charge in [0.2, 0.25) is 0 Å². The maximum Gasteiger partial charge on any atom is 0.321 e. The molecule has 6 heteroatoms. The second-order valence-electron chi connectivity index (χ2n) is 5.30. The molecule has 0 saturated carbocycles.